The summed E-state index contributed by atoms with van der Waals surface area (Å²) in [5, 5.41) is 0. The predicted molar refractivity (Wildman–Crippen MR) is 61.8 cm³/mol. The van der Waals surface area contributed by atoms with Crippen molar-refractivity contribution in [1.29, 1.82) is 0 Å². The van der Waals surface area contributed by atoms with Gasteiger partial charge in [-0.25, -0.2) is 0 Å². The molecule has 0 saturated heterocycles. The van der Waals surface area contributed by atoms with Gasteiger partial charge in [0.05, 0.1) is 6.26 Å². The molecule has 0 atom stereocenters. The zero-order valence-corrected chi connectivity index (χ0v) is 9.45. The van der Waals surface area contributed by atoms with E-state index in [0.717, 1.165) is 12.2 Å². The molecule has 13 heavy (non-hydrogen) atoms. The Morgan fingerprint density at radius 3 is 3.08 bits per heavy atom. The summed E-state index contributed by atoms with van der Waals surface area (Å²) in [6.45, 7) is 0. The number of rotatable bonds is 2. The second kappa shape index (κ2) is 4.13. The van der Waals surface area contributed by atoms with E-state index in [1.54, 1.807) is 6.26 Å². The summed E-state index contributed by atoms with van der Waals surface area (Å²) in [7, 11) is 0. The minimum atomic E-state index is 0.966. The normalized spacial score (nSPS) is 16.7. The summed E-state index contributed by atoms with van der Waals surface area (Å²) in [5.41, 5.74) is 1.47. The van der Waals surface area contributed by atoms with Gasteiger partial charge in [-0.1, -0.05) is 11.6 Å². The minimum absolute atomic E-state index is 0.966. The SMILES string of the molecule is IC1=CCCC(Cc2ccco2)=C1. The summed E-state index contributed by atoms with van der Waals surface area (Å²) in [4.78, 5) is 0. The minimum Gasteiger partial charge on any atom is -0.469 e. The maximum absolute atomic E-state index is 5.31. The summed E-state index contributed by atoms with van der Waals surface area (Å²) in [5.74, 6) is 1.07. The number of hydrogen-bond donors (Lipinski definition) is 0. The molecule has 0 N–H and O–H groups in total. The maximum Gasteiger partial charge on any atom is 0.107 e. The van der Waals surface area contributed by atoms with Gasteiger partial charge in [0.1, 0.15) is 5.76 Å². The van der Waals surface area contributed by atoms with Crippen LogP contribution in [0.1, 0.15) is 18.6 Å². The predicted octanol–water partition coefficient (Wildman–Crippen LogP) is 3.86. The molecule has 1 aliphatic rings. The highest BCUT2D eigenvalue weighted by molar-refractivity contribution is 14.1. The van der Waals surface area contributed by atoms with Crippen molar-refractivity contribution in [2.24, 2.45) is 0 Å². The van der Waals surface area contributed by atoms with Crippen LogP contribution in [0.4, 0.5) is 0 Å². The van der Waals surface area contributed by atoms with Gasteiger partial charge in [0.25, 0.3) is 0 Å². The molecule has 1 aromatic rings. The van der Waals surface area contributed by atoms with Crippen molar-refractivity contribution in [2.45, 2.75) is 19.3 Å². The molecule has 0 aromatic carbocycles. The molecule has 2 rings (SSSR count). The van der Waals surface area contributed by atoms with Crippen molar-refractivity contribution in [3.8, 4) is 0 Å². The fraction of sp³-hybridized carbons (Fsp3) is 0.273. The molecule has 1 aromatic heterocycles. The monoisotopic (exact) mass is 286 g/mol. The van der Waals surface area contributed by atoms with E-state index >= 15 is 0 Å². The summed E-state index contributed by atoms with van der Waals surface area (Å²) in [6.07, 6.45) is 9.57. The molecule has 1 aliphatic carbocycles. The topological polar surface area (TPSA) is 13.1 Å². The van der Waals surface area contributed by atoms with Gasteiger partial charge in [0.2, 0.25) is 0 Å². The van der Waals surface area contributed by atoms with Crippen molar-refractivity contribution in [3.63, 3.8) is 0 Å². The lowest BCUT2D eigenvalue weighted by Gasteiger charge is -2.08. The van der Waals surface area contributed by atoms with E-state index in [2.05, 4.69) is 34.7 Å². The molecule has 0 aliphatic heterocycles. The van der Waals surface area contributed by atoms with Gasteiger partial charge in [0.15, 0.2) is 0 Å². The van der Waals surface area contributed by atoms with Gasteiger partial charge in [0, 0.05) is 10.0 Å². The van der Waals surface area contributed by atoms with Crippen LogP contribution in [-0.2, 0) is 6.42 Å². The fourth-order valence-electron chi connectivity index (χ4n) is 1.50. The van der Waals surface area contributed by atoms with Crippen LogP contribution in [0.15, 0.2) is 44.1 Å². The van der Waals surface area contributed by atoms with Crippen LogP contribution in [0.5, 0.6) is 0 Å². The van der Waals surface area contributed by atoms with Crippen LogP contribution in [0.3, 0.4) is 0 Å². The zero-order valence-electron chi connectivity index (χ0n) is 7.29. The van der Waals surface area contributed by atoms with Crippen molar-refractivity contribution in [3.05, 3.63) is 45.5 Å². The van der Waals surface area contributed by atoms with Gasteiger partial charge in [-0.05, 0) is 53.6 Å². The van der Waals surface area contributed by atoms with E-state index in [1.165, 1.54) is 22.0 Å². The molecule has 0 saturated carbocycles. The van der Waals surface area contributed by atoms with E-state index in [9.17, 15) is 0 Å². The van der Waals surface area contributed by atoms with E-state index < -0.39 is 0 Å². The first-order valence-electron chi connectivity index (χ1n) is 4.42. The van der Waals surface area contributed by atoms with Crippen molar-refractivity contribution < 1.29 is 4.42 Å². The summed E-state index contributed by atoms with van der Waals surface area (Å²) < 4.78 is 6.66. The van der Waals surface area contributed by atoms with Gasteiger partial charge in [-0.15, -0.1) is 0 Å². The first-order chi connectivity index (χ1) is 6.34. The third-order valence-corrected chi connectivity index (χ3v) is 2.88. The molecule has 0 amide bonds. The Balaban J connectivity index is 2.07. The van der Waals surface area contributed by atoms with Crippen LogP contribution in [-0.4, -0.2) is 0 Å². The quantitative estimate of drug-likeness (QED) is 0.752. The van der Waals surface area contributed by atoms with Crippen LogP contribution in [0.2, 0.25) is 0 Å². The lowest BCUT2D eigenvalue weighted by Crippen LogP contribution is -1.93. The number of furan rings is 1. The average Bonchev–Trinajstić information content (AvgIpc) is 2.57. The van der Waals surface area contributed by atoms with Crippen LogP contribution in [0, 0.1) is 0 Å². The summed E-state index contributed by atoms with van der Waals surface area (Å²) in [6, 6.07) is 3.98. The Labute approximate surface area is 91.7 Å². The fourth-order valence-corrected chi connectivity index (χ4v) is 2.25. The number of hydrogen-bond acceptors (Lipinski definition) is 1. The van der Waals surface area contributed by atoms with Gasteiger partial charge < -0.3 is 4.42 Å². The Morgan fingerprint density at radius 2 is 2.38 bits per heavy atom. The second-order valence-corrected chi connectivity index (χ2v) is 4.43. The Kier molecular flexibility index (Phi) is 2.88. The Morgan fingerprint density at radius 1 is 1.46 bits per heavy atom. The largest absolute Gasteiger partial charge is 0.469 e. The van der Waals surface area contributed by atoms with Crippen LogP contribution in [0.25, 0.3) is 0 Å². The van der Waals surface area contributed by atoms with Crippen LogP contribution < -0.4 is 0 Å². The molecular weight excluding hydrogens is 275 g/mol. The molecule has 1 nitrogen and oxygen atoms in total. The highest BCUT2D eigenvalue weighted by Gasteiger charge is 2.05. The molecule has 0 bridgehead atoms. The van der Waals surface area contributed by atoms with E-state index in [4.69, 9.17) is 4.42 Å². The summed E-state index contributed by atoms with van der Waals surface area (Å²) >= 11 is 2.37. The second-order valence-electron chi connectivity index (χ2n) is 3.19. The van der Waals surface area contributed by atoms with Gasteiger partial charge in [-0.2, -0.15) is 0 Å². The molecule has 1 heterocycles. The average molecular weight is 286 g/mol. The smallest absolute Gasteiger partial charge is 0.107 e. The van der Waals surface area contributed by atoms with Gasteiger partial charge in [-0.3, -0.25) is 0 Å². The molecular formula is C11H11IO. The molecule has 0 spiro atoms. The van der Waals surface area contributed by atoms with Crippen molar-refractivity contribution >= 4 is 22.6 Å². The van der Waals surface area contributed by atoms with Crippen LogP contribution >= 0.6 is 22.6 Å². The third-order valence-electron chi connectivity index (χ3n) is 2.13. The molecule has 68 valence electrons. The van der Waals surface area contributed by atoms with E-state index in [1.807, 2.05) is 12.1 Å². The molecule has 0 unspecified atom stereocenters. The molecule has 0 radical (unpaired) electrons. The number of allylic oxidation sites excluding steroid dienone is 4. The van der Waals surface area contributed by atoms with Crippen molar-refractivity contribution in [1.82, 2.24) is 0 Å². The molecule has 0 fully saturated rings. The van der Waals surface area contributed by atoms with E-state index in [0.29, 0.717) is 0 Å². The highest BCUT2D eigenvalue weighted by atomic mass is 127. The lowest BCUT2D eigenvalue weighted by molar-refractivity contribution is 0.517. The third kappa shape index (κ3) is 2.46. The maximum atomic E-state index is 5.31. The molecule has 2 heteroatoms. The van der Waals surface area contributed by atoms with Crippen molar-refractivity contribution in [2.75, 3.05) is 0 Å². The highest BCUT2D eigenvalue weighted by Crippen LogP contribution is 2.24. The lowest BCUT2D eigenvalue weighted by atomic mass is 10.0. The Bertz CT molecular complexity index is 333. The number of halogens is 1. The van der Waals surface area contributed by atoms with E-state index in [-0.39, 0.29) is 0 Å². The Hall–Kier alpha value is -0.510. The first kappa shape index (κ1) is 9.06. The first-order valence-corrected chi connectivity index (χ1v) is 5.50. The van der Waals surface area contributed by atoms with Gasteiger partial charge >= 0.3 is 0 Å². The zero-order chi connectivity index (χ0) is 9.10. The standard InChI is InChI=1S/C11H11IO/c12-10-4-1-3-9(7-10)8-11-5-2-6-13-11/h2,4-7H,1,3,8H2.